The quantitative estimate of drug-likeness (QED) is 0.667. The third-order valence-corrected chi connectivity index (χ3v) is 3.29. The van der Waals surface area contributed by atoms with Gasteiger partial charge in [-0.05, 0) is 17.7 Å². The summed E-state index contributed by atoms with van der Waals surface area (Å²) in [7, 11) is 0. The van der Waals surface area contributed by atoms with Crippen LogP contribution in [0.1, 0.15) is 11.1 Å². The molecule has 0 saturated carbocycles. The molecule has 0 amide bonds. The zero-order chi connectivity index (χ0) is 12.1. The van der Waals surface area contributed by atoms with Crippen LogP contribution >= 0.6 is 11.8 Å². The highest BCUT2D eigenvalue weighted by atomic mass is 32.2. The summed E-state index contributed by atoms with van der Waals surface area (Å²) in [6.07, 6.45) is 3.21. The fourth-order valence-corrected chi connectivity index (χ4v) is 2.17. The van der Waals surface area contributed by atoms with Crippen LogP contribution in [0.25, 0.3) is 0 Å². The summed E-state index contributed by atoms with van der Waals surface area (Å²) < 4.78 is 13.2. The molecule has 0 radical (unpaired) electrons. The number of aromatic nitrogens is 2. The minimum Gasteiger partial charge on any atom is -0.326 e. The van der Waals surface area contributed by atoms with Gasteiger partial charge in [-0.3, -0.25) is 0 Å². The second-order valence-electron chi connectivity index (χ2n) is 3.47. The Kier molecular flexibility index (Phi) is 4.06. The van der Waals surface area contributed by atoms with Crippen molar-refractivity contribution in [2.75, 3.05) is 0 Å². The van der Waals surface area contributed by atoms with Gasteiger partial charge in [-0.15, -0.1) is 11.8 Å². The van der Waals surface area contributed by atoms with E-state index < -0.39 is 0 Å². The normalized spacial score (nSPS) is 10.5. The summed E-state index contributed by atoms with van der Waals surface area (Å²) >= 11 is 1.58. The van der Waals surface area contributed by atoms with Crippen molar-refractivity contribution in [1.29, 1.82) is 0 Å². The van der Waals surface area contributed by atoms with E-state index in [0.717, 1.165) is 16.3 Å². The molecule has 2 rings (SSSR count). The smallest absolute Gasteiger partial charge is 0.127 e. The molecule has 0 saturated heterocycles. The fraction of sp³-hybridized carbons (Fsp3) is 0.167. The second-order valence-corrected chi connectivity index (χ2v) is 4.46. The molecule has 0 spiro atoms. The summed E-state index contributed by atoms with van der Waals surface area (Å²) in [5.41, 5.74) is 7.04. The molecular formula is C12H12FN3S. The molecule has 0 aliphatic heterocycles. The summed E-state index contributed by atoms with van der Waals surface area (Å²) in [5, 5.41) is 0.902. The highest BCUT2D eigenvalue weighted by Crippen LogP contribution is 2.21. The molecule has 0 fully saturated rings. The van der Waals surface area contributed by atoms with Crippen molar-refractivity contribution in [2.45, 2.75) is 17.3 Å². The summed E-state index contributed by atoms with van der Waals surface area (Å²) in [6, 6.07) is 6.86. The Morgan fingerprint density at radius 1 is 1.29 bits per heavy atom. The first kappa shape index (κ1) is 12.0. The Hall–Kier alpha value is -1.46. The zero-order valence-electron chi connectivity index (χ0n) is 9.14. The fourth-order valence-electron chi connectivity index (χ4n) is 1.40. The molecule has 2 aromatic rings. The van der Waals surface area contributed by atoms with Crippen LogP contribution in [0.3, 0.4) is 0 Å². The number of nitrogens with zero attached hydrogens (tertiary/aromatic N) is 2. The average molecular weight is 249 g/mol. The molecule has 5 heteroatoms. The van der Waals surface area contributed by atoms with Crippen LogP contribution in [-0.4, -0.2) is 9.97 Å². The third-order valence-electron chi connectivity index (χ3n) is 2.27. The predicted octanol–water partition coefficient (Wildman–Crippen LogP) is 2.37. The lowest BCUT2D eigenvalue weighted by Gasteiger charge is -2.04. The maximum absolute atomic E-state index is 13.2. The van der Waals surface area contributed by atoms with Gasteiger partial charge in [0.15, 0.2) is 0 Å². The lowest BCUT2D eigenvalue weighted by atomic mass is 10.1. The molecule has 2 N–H and O–H groups in total. The van der Waals surface area contributed by atoms with Crippen LogP contribution < -0.4 is 5.73 Å². The number of hydrogen-bond acceptors (Lipinski definition) is 4. The van der Waals surface area contributed by atoms with Gasteiger partial charge in [0.05, 0.1) is 5.03 Å². The molecule has 1 heterocycles. The van der Waals surface area contributed by atoms with E-state index in [9.17, 15) is 4.39 Å². The molecule has 88 valence electrons. The molecule has 0 atom stereocenters. The Morgan fingerprint density at radius 2 is 2.18 bits per heavy atom. The first-order valence-electron chi connectivity index (χ1n) is 5.16. The number of thioether (sulfide) groups is 1. The number of rotatable bonds is 4. The third kappa shape index (κ3) is 3.25. The van der Waals surface area contributed by atoms with Gasteiger partial charge in [-0.1, -0.05) is 12.1 Å². The van der Waals surface area contributed by atoms with Gasteiger partial charge in [-0.2, -0.15) is 0 Å². The molecule has 1 aromatic heterocycles. The number of hydrogen-bond donors (Lipinski definition) is 1. The highest BCUT2D eigenvalue weighted by molar-refractivity contribution is 7.98. The first-order chi connectivity index (χ1) is 8.29. The SMILES string of the molecule is NCc1cc(CSc2ccncn2)ccc1F. The van der Waals surface area contributed by atoms with Gasteiger partial charge < -0.3 is 5.73 Å². The van der Waals surface area contributed by atoms with Gasteiger partial charge in [-0.25, -0.2) is 14.4 Å². The lowest BCUT2D eigenvalue weighted by Crippen LogP contribution is -2.00. The number of halogens is 1. The Morgan fingerprint density at radius 3 is 2.88 bits per heavy atom. The van der Waals surface area contributed by atoms with Crippen molar-refractivity contribution < 1.29 is 4.39 Å². The molecular weight excluding hydrogens is 237 g/mol. The standard InChI is InChI=1S/C12H12FN3S/c13-11-2-1-9(5-10(11)6-14)7-17-12-3-4-15-8-16-12/h1-5,8H,6-7,14H2. The van der Waals surface area contributed by atoms with Crippen molar-refractivity contribution in [3.8, 4) is 0 Å². The van der Waals surface area contributed by atoms with Gasteiger partial charge in [0.1, 0.15) is 12.1 Å². The molecule has 0 aliphatic rings. The molecule has 1 aromatic carbocycles. The van der Waals surface area contributed by atoms with Crippen molar-refractivity contribution in [3.63, 3.8) is 0 Å². The van der Waals surface area contributed by atoms with Crippen molar-refractivity contribution in [2.24, 2.45) is 5.73 Å². The molecule has 0 bridgehead atoms. The average Bonchev–Trinajstić information content (AvgIpc) is 2.39. The lowest BCUT2D eigenvalue weighted by molar-refractivity contribution is 0.610. The summed E-state index contributed by atoms with van der Waals surface area (Å²) in [6.45, 7) is 0.220. The monoisotopic (exact) mass is 249 g/mol. The number of benzene rings is 1. The van der Waals surface area contributed by atoms with E-state index in [2.05, 4.69) is 9.97 Å². The van der Waals surface area contributed by atoms with Crippen LogP contribution in [0, 0.1) is 5.82 Å². The molecule has 0 unspecified atom stereocenters. The van der Waals surface area contributed by atoms with Crippen LogP contribution in [-0.2, 0) is 12.3 Å². The van der Waals surface area contributed by atoms with E-state index in [-0.39, 0.29) is 12.4 Å². The summed E-state index contributed by atoms with van der Waals surface area (Å²) in [4.78, 5) is 7.96. The minimum absolute atomic E-state index is 0.220. The van der Waals surface area contributed by atoms with Crippen molar-refractivity contribution in [3.05, 3.63) is 53.7 Å². The second kappa shape index (κ2) is 5.75. The van der Waals surface area contributed by atoms with E-state index in [0.29, 0.717) is 5.56 Å². The minimum atomic E-state index is -0.247. The van der Waals surface area contributed by atoms with Crippen molar-refractivity contribution in [1.82, 2.24) is 9.97 Å². The van der Waals surface area contributed by atoms with E-state index in [4.69, 9.17) is 5.73 Å². The van der Waals surface area contributed by atoms with E-state index in [1.807, 2.05) is 6.07 Å². The van der Waals surface area contributed by atoms with Crippen LogP contribution in [0.15, 0.2) is 41.8 Å². The van der Waals surface area contributed by atoms with Crippen LogP contribution in [0.4, 0.5) is 4.39 Å². The van der Waals surface area contributed by atoms with Gasteiger partial charge in [0.25, 0.3) is 0 Å². The van der Waals surface area contributed by atoms with Gasteiger partial charge in [0.2, 0.25) is 0 Å². The highest BCUT2D eigenvalue weighted by Gasteiger charge is 2.03. The molecule has 3 nitrogen and oxygen atoms in total. The van der Waals surface area contributed by atoms with E-state index in [1.165, 1.54) is 12.4 Å². The number of nitrogens with two attached hydrogens (primary N) is 1. The van der Waals surface area contributed by atoms with Gasteiger partial charge >= 0.3 is 0 Å². The summed E-state index contributed by atoms with van der Waals surface area (Å²) in [5.74, 6) is 0.493. The van der Waals surface area contributed by atoms with Crippen LogP contribution in [0.2, 0.25) is 0 Å². The van der Waals surface area contributed by atoms with Gasteiger partial charge in [0, 0.05) is 24.1 Å². The Bertz CT molecular complexity index is 490. The predicted molar refractivity (Wildman–Crippen MR) is 65.9 cm³/mol. The maximum atomic E-state index is 13.2. The first-order valence-corrected chi connectivity index (χ1v) is 6.14. The Labute approximate surface area is 103 Å². The molecule has 17 heavy (non-hydrogen) atoms. The van der Waals surface area contributed by atoms with E-state index >= 15 is 0 Å². The van der Waals surface area contributed by atoms with E-state index in [1.54, 1.807) is 30.1 Å². The van der Waals surface area contributed by atoms with Crippen LogP contribution in [0.5, 0.6) is 0 Å². The largest absolute Gasteiger partial charge is 0.326 e. The maximum Gasteiger partial charge on any atom is 0.127 e. The topological polar surface area (TPSA) is 51.8 Å². The Balaban J connectivity index is 2.04. The zero-order valence-corrected chi connectivity index (χ0v) is 9.95. The van der Waals surface area contributed by atoms with Crippen molar-refractivity contribution >= 4 is 11.8 Å². The molecule has 0 aliphatic carbocycles.